The summed E-state index contributed by atoms with van der Waals surface area (Å²) >= 11 is 1.48. The van der Waals surface area contributed by atoms with E-state index in [1.54, 1.807) is 6.20 Å². The lowest BCUT2D eigenvalue weighted by atomic mass is 10.0. The van der Waals surface area contributed by atoms with Crippen LogP contribution in [-0.4, -0.2) is 33.0 Å². The fourth-order valence-corrected chi connectivity index (χ4v) is 4.49. The molecule has 0 aliphatic heterocycles. The molecule has 1 atom stereocenters. The van der Waals surface area contributed by atoms with Crippen LogP contribution in [0.3, 0.4) is 0 Å². The molecule has 0 spiro atoms. The van der Waals surface area contributed by atoms with Crippen LogP contribution >= 0.6 is 11.3 Å². The van der Waals surface area contributed by atoms with E-state index in [0.717, 1.165) is 27.0 Å². The van der Waals surface area contributed by atoms with Crippen LogP contribution < -0.4 is 5.32 Å². The van der Waals surface area contributed by atoms with Crippen LogP contribution in [0.1, 0.15) is 36.6 Å². The number of aliphatic carboxylic acids is 1. The summed E-state index contributed by atoms with van der Waals surface area (Å²) < 4.78 is 0. The Morgan fingerprint density at radius 3 is 2.59 bits per heavy atom. The van der Waals surface area contributed by atoms with Crippen LogP contribution in [0.2, 0.25) is 0 Å². The van der Waals surface area contributed by atoms with E-state index in [0.29, 0.717) is 11.6 Å². The predicted octanol–water partition coefficient (Wildman–Crippen LogP) is 4.77. The SMILES string of the molecule is CC(C)c1ccc(-c2nc(CC(=O)N[C@@H](Cc3c[nH]c4ccccc34)C(=O)O)cs2)cc1. The first-order valence-electron chi connectivity index (χ1n) is 10.5. The summed E-state index contributed by atoms with van der Waals surface area (Å²) in [5.74, 6) is -0.955. The molecule has 2 heterocycles. The molecule has 0 aliphatic carbocycles. The molecule has 4 rings (SSSR count). The van der Waals surface area contributed by atoms with Crippen molar-refractivity contribution in [2.75, 3.05) is 0 Å². The normalized spacial score (nSPS) is 12.2. The van der Waals surface area contributed by atoms with Gasteiger partial charge >= 0.3 is 5.97 Å². The van der Waals surface area contributed by atoms with Crippen molar-refractivity contribution in [1.29, 1.82) is 0 Å². The first-order valence-corrected chi connectivity index (χ1v) is 11.4. The summed E-state index contributed by atoms with van der Waals surface area (Å²) in [6, 6.07) is 15.0. The molecule has 0 saturated heterocycles. The fourth-order valence-electron chi connectivity index (χ4n) is 3.66. The molecule has 0 fully saturated rings. The summed E-state index contributed by atoms with van der Waals surface area (Å²) in [4.78, 5) is 32.1. The number of fused-ring (bicyclic) bond motifs is 1. The number of thiazole rings is 1. The lowest BCUT2D eigenvalue weighted by Crippen LogP contribution is -2.43. The Kier molecular flexibility index (Phi) is 6.37. The highest BCUT2D eigenvalue weighted by atomic mass is 32.1. The van der Waals surface area contributed by atoms with E-state index in [-0.39, 0.29) is 18.7 Å². The number of carboxylic acid groups (broad SMARTS) is 1. The molecule has 1 amide bonds. The van der Waals surface area contributed by atoms with Gasteiger partial charge in [-0.3, -0.25) is 4.79 Å². The molecule has 2 aromatic heterocycles. The number of hydrogen-bond acceptors (Lipinski definition) is 4. The number of hydrogen-bond donors (Lipinski definition) is 3. The number of benzene rings is 2. The molecule has 0 saturated carbocycles. The van der Waals surface area contributed by atoms with E-state index >= 15 is 0 Å². The number of nitrogens with zero attached hydrogens (tertiary/aromatic N) is 1. The first kappa shape index (κ1) is 21.8. The number of carboxylic acids is 1. The topological polar surface area (TPSA) is 95.1 Å². The fraction of sp³-hybridized carbons (Fsp3) is 0.240. The smallest absolute Gasteiger partial charge is 0.326 e. The van der Waals surface area contributed by atoms with Crippen molar-refractivity contribution < 1.29 is 14.7 Å². The van der Waals surface area contributed by atoms with Gasteiger partial charge in [0.15, 0.2) is 0 Å². The van der Waals surface area contributed by atoms with Gasteiger partial charge in [0.2, 0.25) is 5.91 Å². The average molecular weight is 448 g/mol. The van der Waals surface area contributed by atoms with E-state index in [1.807, 2.05) is 41.8 Å². The Morgan fingerprint density at radius 2 is 1.88 bits per heavy atom. The molecule has 3 N–H and O–H groups in total. The minimum absolute atomic E-state index is 0.0399. The molecule has 6 nitrogen and oxygen atoms in total. The number of carbonyl (C=O) groups excluding carboxylic acids is 1. The van der Waals surface area contributed by atoms with Crippen molar-refractivity contribution >= 4 is 34.1 Å². The van der Waals surface area contributed by atoms with Crippen LogP contribution in [0.4, 0.5) is 0 Å². The quantitative estimate of drug-likeness (QED) is 0.363. The van der Waals surface area contributed by atoms with Crippen molar-refractivity contribution in [2.24, 2.45) is 0 Å². The minimum atomic E-state index is -1.06. The zero-order valence-electron chi connectivity index (χ0n) is 18.0. The van der Waals surface area contributed by atoms with Gasteiger partial charge in [-0.05, 0) is 23.1 Å². The third kappa shape index (κ3) is 4.89. The van der Waals surface area contributed by atoms with E-state index in [9.17, 15) is 14.7 Å². The Morgan fingerprint density at radius 1 is 1.12 bits per heavy atom. The van der Waals surface area contributed by atoms with Gasteiger partial charge in [0, 0.05) is 34.5 Å². The highest BCUT2D eigenvalue weighted by Gasteiger charge is 2.22. The highest BCUT2D eigenvalue weighted by molar-refractivity contribution is 7.13. The molecule has 32 heavy (non-hydrogen) atoms. The molecule has 2 aromatic carbocycles. The van der Waals surface area contributed by atoms with Crippen LogP contribution in [-0.2, 0) is 22.4 Å². The van der Waals surface area contributed by atoms with E-state index in [2.05, 4.69) is 41.3 Å². The van der Waals surface area contributed by atoms with Crippen LogP contribution in [0.25, 0.3) is 21.5 Å². The second-order valence-corrected chi connectivity index (χ2v) is 8.98. The molecular weight excluding hydrogens is 422 g/mol. The van der Waals surface area contributed by atoms with Crippen molar-refractivity contribution in [3.63, 3.8) is 0 Å². The zero-order chi connectivity index (χ0) is 22.7. The summed E-state index contributed by atoms with van der Waals surface area (Å²) in [6.07, 6.45) is 2.04. The Labute approximate surface area is 190 Å². The minimum Gasteiger partial charge on any atom is -0.480 e. The number of rotatable bonds is 8. The number of amides is 1. The Hall–Kier alpha value is -3.45. The number of nitrogens with one attached hydrogen (secondary N) is 2. The molecule has 0 bridgehead atoms. The number of aromatic amines is 1. The van der Waals surface area contributed by atoms with Gasteiger partial charge in [-0.25, -0.2) is 9.78 Å². The van der Waals surface area contributed by atoms with Crippen molar-refractivity contribution in [1.82, 2.24) is 15.3 Å². The zero-order valence-corrected chi connectivity index (χ0v) is 18.8. The van der Waals surface area contributed by atoms with Crippen LogP contribution in [0.15, 0.2) is 60.1 Å². The highest BCUT2D eigenvalue weighted by Crippen LogP contribution is 2.26. The molecule has 164 valence electrons. The third-order valence-corrected chi connectivity index (χ3v) is 6.39. The summed E-state index contributed by atoms with van der Waals surface area (Å²) in [5.41, 5.74) is 4.70. The number of aromatic nitrogens is 2. The summed E-state index contributed by atoms with van der Waals surface area (Å²) in [6.45, 7) is 4.30. The Balaban J connectivity index is 1.41. The maximum Gasteiger partial charge on any atom is 0.326 e. The molecule has 0 aliphatic rings. The number of H-pyrrole nitrogens is 1. The van der Waals surface area contributed by atoms with Gasteiger partial charge in [0.1, 0.15) is 11.0 Å². The van der Waals surface area contributed by atoms with Crippen molar-refractivity contribution in [2.45, 2.75) is 38.6 Å². The summed E-state index contributed by atoms with van der Waals surface area (Å²) in [7, 11) is 0. The van der Waals surface area contributed by atoms with Crippen molar-refractivity contribution in [3.05, 3.63) is 76.9 Å². The lowest BCUT2D eigenvalue weighted by molar-refractivity contribution is -0.141. The lowest BCUT2D eigenvalue weighted by Gasteiger charge is -2.14. The van der Waals surface area contributed by atoms with Gasteiger partial charge in [0.05, 0.1) is 12.1 Å². The van der Waals surface area contributed by atoms with Gasteiger partial charge in [-0.2, -0.15) is 0 Å². The van der Waals surface area contributed by atoms with Gasteiger partial charge in [-0.15, -0.1) is 11.3 Å². The molecule has 0 unspecified atom stereocenters. The van der Waals surface area contributed by atoms with E-state index < -0.39 is 12.0 Å². The van der Waals surface area contributed by atoms with Crippen LogP contribution in [0, 0.1) is 0 Å². The molecule has 0 radical (unpaired) electrons. The maximum absolute atomic E-state index is 12.6. The standard InChI is InChI=1S/C25H25N3O3S/c1-15(2)16-7-9-17(10-8-16)24-27-19(14-32-24)12-23(29)28-22(25(30)31)11-18-13-26-21-6-4-3-5-20(18)21/h3-10,13-15,22,26H,11-12H2,1-2H3,(H,28,29)(H,30,31)/t22-/m0/s1. The van der Waals surface area contributed by atoms with Crippen molar-refractivity contribution in [3.8, 4) is 10.6 Å². The summed E-state index contributed by atoms with van der Waals surface area (Å²) in [5, 5.41) is 15.9. The predicted molar refractivity (Wildman–Crippen MR) is 127 cm³/mol. The number of para-hydroxylation sites is 1. The van der Waals surface area contributed by atoms with Gasteiger partial charge < -0.3 is 15.4 Å². The monoisotopic (exact) mass is 447 g/mol. The van der Waals surface area contributed by atoms with Gasteiger partial charge in [-0.1, -0.05) is 56.3 Å². The average Bonchev–Trinajstić information content (AvgIpc) is 3.40. The second kappa shape index (κ2) is 9.36. The van der Waals surface area contributed by atoms with Gasteiger partial charge in [0.25, 0.3) is 0 Å². The van der Waals surface area contributed by atoms with E-state index in [1.165, 1.54) is 16.9 Å². The second-order valence-electron chi connectivity index (χ2n) is 8.12. The number of carbonyl (C=O) groups is 2. The Bertz CT molecular complexity index is 1240. The third-order valence-electron chi connectivity index (χ3n) is 5.45. The molecule has 7 heteroatoms. The van der Waals surface area contributed by atoms with Crippen LogP contribution in [0.5, 0.6) is 0 Å². The molecular formula is C25H25N3O3S. The maximum atomic E-state index is 12.6. The largest absolute Gasteiger partial charge is 0.480 e. The molecule has 4 aromatic rings. The first-order chi connectivity index (χ1) is 15.4. The van der Waals surface area contributed by atoms with E-state index in [4.69, 9.17) is 0 Å².